The van der Waals surface area contributed by atoms with Crippen LogP contribution < -0.4 is 25.4 Å². The van der Waals surface area contributed by atoms with E-state index in [0.29, 0.717) is 39.0 Å². The van der Waals surface area contributed by atoms with Crippen LogP contribution in [0.5, 0.6) is 11.5 Å². The Morgan fingerprint density at radius 1 is 0.860 bits per heavy atom. The lowest BCUT2D eigenvalue weighted by molar-refractivity contribution is -0.114. The number of hydrogen-bond donors (Lipinski definition) is 3. The average molecular weight is 616 g/mol. The van der Waals surface area contributed by atoms with Gasteiger partial charge in [0.05, 0.1) is 20.0 Å². The van der Waals surface area contributed by atoms with E-state index >= 15 is 0 Å². The van der Waals surface area contributed by atoms with E-state index in [1.165, 1.54) is 32.1 Å². The predicted octanol–water partition coefficient (Wildman–Crippen LogP) is 6.81. The number of amides is 3. The van der Waals surface area contributed by atoms with Gasteiger partial charge in [0.15, 0.2) is 11.5 Å². The van der Waals surface area contributed by atoms with Crippen LogP contribution in [0.3, 0.4) is 0 Å². The van der Waals surface area contributed by atoms with Crippen LogP contribution in [0.25, 0.3) is 6.08 Å². The number of carbonyl (C=O) groups is 3. The lowest BCUT2D eigenvalue weighted by atomic mass is 10.1. The van der Waals surface area contributed by atoms with Gasteiger partial charge in [-0.2, -0.15) is 0 Å². The Balaban J connectivity index is 1.52. The highest BCUT2D eigenvalue weighted by Crippen LogP contribution is 2.32. The van der Waals surface area contributed by atoms with Crippen LogP contribution in [0.4, 0.5) is 11.4 Å². The molecular formula is C33H30ClN3O5S. The summed E-state index contributed by atoms with van der Waals surface area (Å²) in [6.07, 6.45) is 1.53. The van der Waals surface area contributed by atoms with Crippen LogP contribution in [0.1, 0.15) is 21.5 Å². The molecule has 0 aromatic heterocycles. The molecular weight excluding hydrogens is 586 g/mol. The molecule has 0 fully saturated rings. The number of carbonyl (C=O) groups excluding carboxylic acids is 3. The van der Waals surface area contributed by atoms with Crippen molar-refractivity contribution in [1.29, 1.82) is 0 Å². The fraction of sp³-hybridized carbons (Fsp3) is 0.121. The van der Waals surface area contributed by atoms with Gasteiger partial charge in [-0.15, -0.1) is 11.8 Å². The van der Waals surface area contributed by atoms with Gasteiger partial charge in [-0.25, -0.2) is 0 Å². The Morgan fingerprint density at radius 3 is 2.35 bits per heavy atom. The number of methoxy groups -OCH3 is 2. The van der Waals surface area contributed by atoms with Crippen molar-refractivity contribution in [3.05, 3.63) is 118 Å². The number of halogens is 1. The molecule has 0 unspecified atom stereocenters. The number of benzene rings is 4. The summed E-state index contributed by atoms with van der Waals surface area (Å²) in [5.41, 5.74) is 2.85. The standard InChI is InChI=1S/C33H30ClN3O5S/c1-21-26(34)15-9-16-27(21)36-30(38)20-43-25-14-8-13-24(19-25)35-33(40)28(37-32(39)22-10-5-4-6-11-22)18-23-12-7-17-29(41-2)31(23)42-3/h4-19H,20H2,1-3H3,(H,35,40)(H,36,38)(H,37,39)/b28-18+. The van der Waals surface area contributed by atoms with E-state index in [-0.39, 0.29) is 17.4 Å². The monoisotopic (exact) mass is 615 g/mol. The topological polar surface area (TPSA) is 106 Å². The number of nitrogens with one attached hydrogen (secondary N) is 3. The summed E-state index contributed by atoms with van der Waals surface area (Å²) in [5, 5.41) is 9.02. The van der Waals surface area contributed by atoms with Gasteiger partial charge in [-0.3, -0.25) is 14.4 Å². The van der Waals surface area contributed by atoms with Crippen LogP contribution in [0.2, 0.25) is 5.02 Å². The third-order valence-electron chi connectivity index (χ3n) is 6.27. The van der Waals surface area contributed by atoms with Gasteiger partial charge >= 0.3 is 0 Å². The van der Waals surface area contributed by atoms with Gasteiger partial charge < -0.3 is 25.4 Å². The second-order valence-corrected chi connectivity index (χ2v) is 10.6. The number of rotatable bonds is 11. The number of para-hydroxylation sites is 1. The zero-order valence-corrected chi connectivity index (χ0v) is 25.3. The molecule has 0 saturated carbocycles. The molecule has 0 bridgehead atoms. The van der Waals surface area contributed by atoms with Crippen LogP contribution in [0, 0.1) is 6.92 Å². The number of anilines is 2. The van der Waals surface area contributed by atoms with E-state index in [1.54, 1.807) is 84.9 Å². The number of hydrogen-bond acceptors (Lipinski definition) is 6. The Kier molecular flexibility index (Phi) is 10.9. The van der Waals surface area contributed by atoms with E-state index in [0.717, 1.165) is 10.5 Å². The molecule has 0 heterocycles. The summed E-state index contributed by atoms with van der Waals surface area (Å²) in [4.78, 5) is 39.9. The minimum Gasteiger partial charge on any atom is -0.493 e. The largest absolute Gasteiger partial charge is 0.493 e. The van der Waals surface area contributed by atoms with Gasteiger partial charge in [0.25, 0.3) is 11.8 Å². The maximum absolute atomic E-state index is 13.5. The summed E-state index contributed by atoms with van der Waals surface area (Å²) < 4.78 is 10.9. The summed E-state index contributed by atoms with van der Waals surface area (Å²) >= 11 is 7.47. The molecule has 4 rings (SSSR count). The molecule has 0 radical (unpaired) electrons. The first-order chi connectivity index (χ1) is 20.8. The molecule has 0 aliphatic carbocycles. The van der Waals surface area contributed by atoms with Gasteiger partial charge in [0.1, 0.15) is 5.70 Å². The van der Waals surface area contributed by atoms with Crippen LogP contribution >= 0.6 is 23.4 Å². The Morgan fingerprint density at radius 2 is 1.60 bits per heavy atom. The molecule has 3 amide bonds. The third-order valence-corrected chi connectivity index (χ3v) is 7.67. The van der Waals surface area contributed by atoms with E-state index in [9.17, 15) is 14.4 Å². The smallest absolute Gasteiger partial charge is 0.272 e. The molecule has 43 heavy (non-hydrogen) atoms. The van der Waals surface area contributed by atoms with Crippen molar-refractivity contribution < 1.29 is 23.9 Å². The maximum atomic E-state index is 13.5. The Bertz CT molecular complexity index is 1660. The summed E-state index contributed by atoms with van der Waals surface area (Å²) in [5.74, 6) is -0.152. The zero-order chi connectivity index (χ0) is 30.8. The van der Waals surface area contributed by atoms with Crippen molar-refractivity contribution in [3.63, 3.8) is 0 Å². The van der Waals surface area contributed by atoms with Gasteiger partial charge in [-0.1, -0.05) is 54.1 Å². The molecule has 3 N–H and O–H groups in total. The molecule has 4 aromatic rings. The van der Waals surface area contributed by atoms with E-state index in [1.807, 2.05) is 13.0 Å². The molecule has 220 valence electrons. The Hall–Kier alpha value is -4.73. The normalized spacial score (nSPS) is 10.9. The fourth-order valence-corrected chi connectivity index (χ4v) is 4.99. The lowest BCUT2D eigenvalue weighted by Gasteiger charge is -2.14. The van der Waals surface area contributed by atoms with Gasteiger partial charge in [-0.05, 0) is 67.1 Å². The molecule has 10 heteroatoms. The van der Waals surface area contributed by atoms with E-state index in [4.69, 9.17) is 21.1 Å². The minimum atomic E-state index is -0.550. The molecule has 0 spiro atoms. The highest BCUT2D eigenvalue weighted by molar-refractivity contribution is 8.00. The zero-order valence-electron chi connectivity index (χ0n) is 23.8. The van der Waals surface area contributed by atoms with Crippen molar-refractivity contribution in [1.82, 2.24) is 5.32 Å². The first-order valence-corrected chi connectivity index (χ1v) is 14.5. The lowest BCUT2D eigenvalue weighted by Crippen LogP contribution is -2.30. The first kappa shape index (κ1) is 31.2. The minimum absolute atomic E-state index is 0.00488. The van der Waals surface area contributed by atoms with Gasteiger partial charge in [0, 0.05) is 32.4 Å². The summed E-state index contributed by atoms with van der Waals surface area (Å²) in [6.45, 7) is 1.84. The van der Waals surface area contributed by atoms with E-state index in [2.05, 4.69) is 16.0 Å². The second-order valence-electron chi connectivity index (χ2n) is 9.19. The van der Waals surface area contributed by atoms with Crippen molar-refractivity contribution in [2.75, 3.05) is 30.6 Å². The average Bonchev–Trinajstić information content (AvgIpc) is 3.02. The highest BCUT2D eigenvalue weighted by Gasteiger charge is 2.18. The van der Waals surface area contributed by atoms with E-state index < -0.39 is 11.8 Å². The molecule has 0 aliphatic heterocycles. The SMILES string of the molecule is COc1cccc(/C=C(/NC(=O)c2ccccc2)C(=O)Nc2cccc(SCC(=O)Nc3cccc(Cl)c3C)c2)c1OC. The second kappa shape index (κ2) is 14.9. The summed E-state index contributed by atoms with van der Waals surface area (Å²) in [7, 11) is 3.01. The van der Waals surface area contributed by atoms with Crippen molar-refractivity contribution in [2.45, 2.75) is 11.8 Å². The van der Waals surface area contributed by atoms with Crippen molar-refractivity contribution in [3.8, 4) is 11.5 Å². The van der Waals surface area contributed by atoms with Crippen LogP contribution in [0.15, 0.2) is 102 Å². The first-order valence-electron chi connectivity index (χ1n) is 13.2. The van der Waals surface area contributed by atoms with Gasteiger partial charge in [0.2, 0.25) is 5.91 Å². The Labute approximate surface area is 259 Å². The molecule has 8 nitrogen and oxygen atoms in total. The quantitative estimate of drug-likeness (QED) is 0.126. The fourth-order valence-electron chi connectivity index (χ4n) is 4.06. The van der Waals surface area contributed by atoms with Crippen LogP contribution in [-0.2, 0) is 9.59 Å². The predicted molar refractivity (Wildman–Crippen MR) is 172 cm³/mol. The van der Waals surface area contributed by atoms with Crippen molar-refractivity contribution in [2.24, 2.45) is 0 Å². The molecule has 0 saturated heterocycles. The number of thioether (sulfide) groups is 1. The molecule has 0 aliphatic rings. The number of ether oxygens (including phenoxy) is 2. The third kappa shape index (κ3) is 8.41. The molecule has 4 aromatic carbocycles. The summed E-state index contributed by atoms with van der Waals surface area (Å²) in [6, 6.07) is 26.2. The highest BCUT2D eigenvalue weighted by atomic mass is 35.5. The maximum Gasteiger partial charge on any atom is 0.272 e. The van der Waals surface area contributed by atoms with Crippen LogP contribution in [-0.4, -0.2) is 37.7 Å². The molecule has 0 atom stereocenters. The van der Waals surface area contributed by atoms with Crippen molar-refractivity contribution >= 4 is 58.5 Å².